The van der Waals surface area contributed by atoms with Gasteiger partial charge in [-0.15, -0.1) is 0 Å². The van der Waals surface area contributed by atoms with E-state index in [1.165, 1.54) is 11.8 Å². The molecule has 1 aliphatic carbocycles. The van der Waals surface area contributed by atoms with E-state index in [0.717, 1.165) is 67.3 Å². The SMILES string of the molecule is C[C@@H]1C[C@H](c2ccc(C=N)c3ncccc23)CN(C(=O)CC2[C@H]3CNC[C@@H]23)C1. The van der Waals surface area contributed by atoms with Crippen LogP contribution in [0.1, 0.15) is 36.8 Å². The van der Waals surface area contributed by atoms with Crippen LogP contribution in [0.25, 0.3) is 10.9 Å². The van der Waals surface area contributed by atoms with Gasteiger partial charge in [0.25, 0.3) is 0 Å². The summed E-state index contributed by atoms with van der Waals surface area (Å²) >= 11 is 0. The molecule has 5 nitrogen and oxygen atoms in total. The van der Waals surface area contributed by atoms with Crippen LogP contribution in [0.2, 0.25) is 0 Å². The fraction of sp³-hybridized carbons (Fsp3) is 0.522. The van der Waals surface area contributed by atoms with Crippen molar-refractivity contribution in [2.45, 2.75) is 25.7 Å². The number of nitrogens with zero attached hydrogens (tertiary/aromatic N) is 2. The molecular formula is C23H28N4O. The molecule has 2 aliphatic heterocycles. The second-order valence-corrected chi connectivity index (χ2v) is 8.98. The Labute approximate surface area is 166 Å². The van der Waals surface area contributed by atoms with Gasteiger partial charge in [-0.25, -0.2) is 0 Å². The highest BCUT2D eigenvalue weighted by Crippen LogP contribution is 2.51. The van der Waals surface area contributed by atoms with Crippen LogP contribution in [0, 0.1) is 29.1 Å². The highest BCUT2D eigenvalue weighted by atomic mass is 16.2. The number of aromatic nitrogens is 1. The molecule has 2 N–H and O–H groups in total. The number of nitrogens with one attached hydrogen (secondary N) is 2. The van der Waals surface area contributed by atoms with Crippen LogP contribution in [0.15, 0.2) is 30.5 Å². The number of fused-ring (bicyclic) bond motifs is 2. The number of likely N-dealkylation sites (tertiary alicyclic amines) is 1. The lowest BCUT2D eigenvalue weighted by atomic mass is 9.83. The monoisotopic (exact) mass is 376 g/mol. The number of rotatable bonds is 4. The Hall–Kier alpha value is -2.27. The van der Waals surface area contributed by atoms with E-state index < -0.39 is 0 Å². The molecule has 2 aromatic rings. The number of piperidine rings is 2. The van der Waals surface area contributed by atoms with Gasteiger partial charge in [0.1, 0.15) is 0 Å². The fourth-order valence-electron chi connectivity index (χ4n) is 5.65. The molecule has 3 fully saturated rings. The Morgan fingerprint density at radius 2 is 2.11 bits per heavy atom. The quantitative estimate of drug-likeness (QED) is 0.806. The molecule has 3 aliphatic rings. The number of amides is 1. The molecule has 5 rings (SSSR count). The zero-order valence-corrected chi connectivity index (χ0v) is 16.4. The van der Waals surface area contributed by atoms with Crippen molar-refractivity contribution in [2.75, 3.05) is 26.2 Å². The van der Waals surface area contributed by atoms with Gasteiger partial charge < -0.3 is 15.6 Å². The van der Waals surface area contributed by atoms with Crippen LogP contribution in [0.3, 0.4) is 0 Å². The molecule has 1 aromatic carbocycles. The zero-order chi connectivity index (χ0) is 19.3. The molecule has 0 radical (unpaired) electrons. The Bertz CT molecular complexity index is 916. The Kier molecular flexibility index (Phi) is 4.43. The molecule has 146 valence electrons. The minimum atomic E-state index is 0.333. The third-order valence-electron chi connectivity index (χ3n) is 7.12. The predicted octanol–water partition coefficient (Wildman–Crippen LogP) is 3.04. The van der Waals surface area contributed by atoms with Gasteiger partial charge in [0.2, 0.25) is 5.91 Å². The lowest BCUT2D eigenvalue weighted by molar-refractivity contribution is -0.133. The summed E-state index contributed by atoms with van der Waals surface area (Å²) in [5.41, 5.74) is 3.01. The average molecular weight is 377 g/mol. The van der Waals surface area contributed by atoms with Crippen molar-refractivity contribution >= 4 is 23.0 Å². The van der Waals surface area contributed by atoms with E-state index in [9.17, 15) is 4.79 Å². The molecule has 5 heteroatoms. The van der Waals surface area contributed by atoms with Crippen molar-refractivity contribution in [3.8, 4) is 0 Å². The first-order valence-corrected chi connectivity index (χ1v) is 10.5. The first-order valence-electron chi connectivity index (χ1n) is 10.5. The molecular weight excluding hydrogens is 348 g/mol. The Morgan fingerprint density at radius 1 is 1.29 bits per heavy atom. The lowest BCUT2D eigenvalue weighted by Crippen LogP contribution is -2.43. The summed E-state index contributed by atoms with van der Waals surface area (Å²) in [7, 11) is 0. The molecule has 1 saturated carbocycles. The van der Waals surface area contributed by atoms with Gasteiger partial charge in [-0.05, 0) is 54.8 Å². The fourth-order valence-corrected chi connectivity index (χ4v) is 5.65. The Balaban J connectivity index is 1.38. The number of carbonyl (C=O) groups excluding carboxylic acids is 1. The second kappa shape index (κ2) is 6.96. The maximum absolute atomic E-state index is 13.0. The van der Waals surface area contributed by atoms with Crippen molar-refractivity contribution < 1.29 is 4.79 Å². The Morgan fingerprint density at radius 3 is 2.89 bits per heavy atom. The topological polar surface area (TPSA) is 69.1 Å². The zero-order valence-electron chi connectivity index (χ0n) is 16.4. The van der Waals surface area contributed by atoms with Crippen LogP contribution >= 0.6 is 0 Å². The van der Waals surface area contributed by atoms with Crippen LogP contribution in [0.4, 0.5) is 0 Å². The highest BCUT2D eigenvalue weighted by Gasteiger charge is 2.53. The van der Waals surface area contributed by atoms with Gasteiger partial charge in [-0.3, -0.25) is 9.78 Å². The van der Waals surface area contributed by atoms with Crippen molar-refractivity contribution in [1.29, 1.82) is 5.41 Å². The van der Waals surface area contributed by atoms with Gasteiger partial charge >= 0.3 is 0 Å². The maximum atomic E-state index is 13.0. The van der Waals surface area contributed by atoms with Crippen LogP contribution in [0.5, 0.6) is 0 Å². The third-order valence-corrected chi connectivity index (χ3v) is 7.12. The standard InChI is InChI=1S/C23H28N4O/c1-14-7-16(17-5-4-15(9-24)23-18(17)3-2-6-26-23)13-27(12-14)22(28)8-19-20-10-25-11-21(19)20/h2-6,9,14,16,19-21,24-25H,7-8,10-13H2,1H3/t14-,16+,19?,20-,21+/m1/s1. The normalized spacial score (nSPS) is 31.6. The van der Waals surface area contributed by atoms with Crippen molar-refractivity contribution in [2.24, 2.45) is 23.7 Å². The van der Waals surface area contributed by atoms with Gasteiger partial charge in [0.05, 0.1) is 5.52 Å². The second-order valence-electron chi connectivity index (χ2n) is 8.98. The maximum Gasteiger partial charge on any atom is 0.222 e. The van der Waals surface area contributed by atoms with Gasteiger partial charge in [-0.1, -0.05) is 25.1 Å². The van der Waals surface area contributed by atoms with Crippen LogP contribution in [-0.2, 0) is 4.79 Å². The summed E-state index contributed by atoms with van der Waals surface area (Å²) in [5, 5.41) is 12.2. The summed E-state index contributed by atoms with van der Waals surface area (Å²) in [6.07, 6.45) is 4.99. The van der Waals surface area contributed by atoms with E-state index in [0.29, 0.717) is 23.7 Å². The highest BCUT2D eigenvalue weighted by molar-refractivity contribution is 5.98. The lowest BCUT2D eigenvalue weighted by Gasteiger charge is -2.37. The van der Waals surface area contributed by atoms with E-state index in [1.54, 1.807) is 6.20 Å². The third kappa shape index (κ3) is 3.02. The summed E-state index contributed by atoms with van der Waals surface area (Å²) in [5.74, 6) is 3.27. The predicted molar refractivity (Wildman–Crippen MR) is 111 cm³/mol. The van der Waals surface area contributed by atoms with E-state index in [1.807, 2.05) is 12.1 Å². The molecule has 1 aromatic heterocycles. The van der Waals surface area contributed by atoms with Crippen LogP contribution < -0.4 is 5.32 Å². The summed E-state index contributed by atoms with van der Waals surface area (Å²) in [6, 6.07) is 8.22. The molecule has 3 heterocycles. The minimum absolute atomic E-state index is 0.333. The molecule has 0 spiro atoms. The number of benzene rings is 1. The molecule has 28 heavy (non-hydrogen) atoms. The molecule has 5 atom stereocenters. The molecule has 1 amide bonds. The summed E-state index contributed by atoms with van der Waals surface area (Å²) in [6.45, 7) is 6.14. The van der Waals surface area contributed by atoms with Gasteiger partial charge in [-0.2, -0.15) is 0 Å². The minimum Gasteiger partial charge on any atom is -0.342 e. The smallest absolute Gasteiger partial charge is 0.222 e. The van der Waals surface area contributed by atoms with E-state index >= 15 is 0 Å². The van der Waals surface area contributed by atoms with E-state index in [-0.39, 0.29) is 0 Å². The summed E-state index contributed by atoms with van der Waals surface area (Å²) < 4.78 is 0. The number of hydrogen-bond donors (Lipinski definition) is 2. The van der Waals surface area contributed by atoms with Crippen LogP contribution in [-0.4, -0.2) is 48.2 Å². The van der Waals surface area contributed by atoms with E-state index in [2.05, 4.69) is 34.3 Å². The number of hydrogen-bond acceptors (Lipinski definition) is 4. The first-order chi connectivity index (χ1) is 13.7. The van der Waals surface area contributed by atoms with Gasteiger partial charge in [0, 0.05) is 48.8 Å². The van der Waals surface area contributed by atoms with Crippen molar-refractivity contribution in [3.05, 3.63) is 41.6 Å². The van der Waals surface area contributed by atoms with Crippen molar-refractivity contribution in [3.63, 3.8) is 0 Å². The van der Waals surface area contributed by atoms with Gasteiger partial charge in [0.15, 0.2) is 0 Å². The molecule has 1 unspecified atom stereocenters. The molecule has 2 saturated heterocycles. The van der Waals surface area contributed by atoms with E-state index in [4.69, 9.17) is 5.41 Å². The average Bonchev–Trinajstić information content (AvgIpc) is 3.12. The molecule has 0 bridgehead atoms. The van der Waals surface area contributed by atoms with Crippen molar-refractivity contribution in [1.82, 2.24) is 15.2 Å². The summed E-state index contributed by atoms with van der Waals surface area (Å²) in [4.78, 5) is 19.7. The first kappa shape index (κ1) is 17.8. The number of pyridine rings is 1. The number of carbonyl (C=O) groups is 1. The largest absolute Gasteiger partial charge is 0.342 e.